The van der Waals surface area contributed by atoms with Crippen LogP contribution >= 0.6 is 0 Å². The van der Waals surface area contributed by atoms with E-state index in [0.717, 1.165) is 6.61 Å². The van der Waals surface area contributed by atoms with E-state index in [2.05, 4.69) is 6.92 Å². The molecular weight excluding hydrogens is 308 g/mol. The molecule has 2 heteroatoms. The van der Waals surface area contributed by atoms with Gasteiger partial charge in [0.25, 0.3) is 0 Å². The van der Waals surface area contributed by atoms with E-state index < -0.39 is 0 Å². The zero-order chi connectivity index (χ0) is 7.03. The van der Waals surface area contributed by atoms with Gasteiger partial charge in [-0.25, -0.2) is 0 Å². The van der Waals surface area contributed by atoms with Gasteiger partial charge in [-0.2, -0.15) is 0 Å². The van der Waals surface area contributed by atoms with Crippen molar-refractivity contribution in [3.8, 4) is 0 Å². The summed E-state index contributed by atoms with van der Waals surface area (Å²) in [5.74, 6) is 0. The minimum atomic E-state index is -0.207. The second kappa shape index (κ2) is 3.08. The molecule has 0 aromatic heterocycles. The van der Waals surface area contributed by atoms with Crippen molar-refractivity contribution in [2.75, 3.05) is 6.61 Å². The van der Waals surface area contributed by atoms with Crippen molar-refractivity contribution in [2.24, 2.45) is 0 Å². The van der Waals surface area contributed by atoms with Crippen LogP contribution in [0.4, 0.5) is 0 Å². The van der Waals surface area contributed by atoms with Gasteiger partial charge in [0.05, 0.1) is 0 Å². The molecule has 1 aromatic rings. The summed E-state index contributed by atoms with van der Waals surface area (Å²) in [6.45, 7) is 4.69. The summed E-state index contributed by atoms with van der Waals surface area (Å²) in [5.41, 5.74) is 0.969. The third-order valence-electron chi connectivity index (χ3n) is 1.79. The number of rotatable bonds is 1. The van der Waals surface area contributed by atoms with Crippen LogP contribution in [-0.4, -0.2) is 6.61 Å². The zero-order valence-corrected chi connectivity index (χ0v) is 9.05. The van der Waals surface area contributed by atoms with E-state index in [-0.39, 0.29) is 26.7 Å². The Hall–Kier alpha value is -0.132. The van der Waals surface area contributed by atoms with Crippen LogP contribution in [0.15, 0.2) is 30.3 Å². The molecule has 0 aliphatic carbocycles. The van der Waals surface area contributed by atoms with Crippen LogP contribution in [0.25, 0.3) is 0 Å². The molecule has 0 N–H and O–H groups in total. The van der Waals surface area contributed by atoms with Crippen molar-refractivity contribution in [3.63, 3.8) is 0 Å². The minimum absolute atomic E-state index is 0. The topological polar surface area (TPSA) is 12.5 Å². The number of epoxide rings is 1. The number of benzene rings is 1. The van der Waals surface area contributed by atoms with Gasteiger partial charge in [0.1, 0.15) is 0 Å². The summed E-state index contributed by atoms with van der Waals surface area (Å²) in [6, 6.07) is 10.1. The molecule has 0 saturated carbocycles. The Balaban J connectivity index is 0.000000605. The first-order chi connectivity index (χ1) is 4.81. The van der Waals surface area contributed by atoms with Crippen LogP contribution < -0.4 is 0 Å². The molecule has 1 nitrogen and oxygen atoms in total. The molecule has 0 radical (unpaired) electrons. The first-order valence-electron chi connectivity index (χ1n) is 3.36. The second-order valence-electron chi connectivity index (χ2n) is 2.65. The fourth-order valence-corrected chi connectivity index (χ4v) is 0.996. The Morgan fingerprint density at radius 3 is 2.27 bits per heavy atom. The molecule has 0 spiro atoms. The maximum absolute atomic E-state index is 5.17. The summed E-state index contributed by atoms with van der Waals surface area (Å²) in [6.07, 6.45) is 0. The maximum atomic E-state index is 5.17. The van der Waals surface area contributed by atoms with Crippen molar-refractivity contribution >= 4 is 0 Å². The van der Waals surface area contributed by atoms with Gasteiger partial charge in [-0.05, 0) is 11.2 Å². The molecule has 1 fully saturated rings. The number of hydrogen-bond acceptors (Lipinski definition) is 1. The van der Waals surface area contributed by atoms with Crippen molar-refractivity contribution in [2.45, 2.75) is 5.60 Å². The molecule has 1 aromatic carbocycles. The molecule has 1 heterocycles. The SMILES string of the molecule is [CH2-]C1(c2ccccc2)CO1.[W]. The molecule has 0 amide bonds. The van der Waals surface area contributed by atoms with Crippen LogP contribution in [0, 0.1) is 6.92 Å². The minimum Gasteiger partial charge on any atom is -0.400 e. The van der Waals surface area contributed by atoms with Gasteiger partial charge in [0.15, 0.2) is 0 Å². The average Bonchev–Trinajstić information content (AvgIpc) is 2.72. The summed E-state index contributed by atoms with van der Waals surface area (Å²) < 4.78 is 5.17. The molecule has 1 unspecified atom stereocenters. The summed E-state index contributed by atoms with van der Waals surface area (Å²) in [7, 11) is 0. The molecule has 1 aliphatic heterocycles. The molecule has 1 atom stereocenters. The Labute approximate surface area is 81.0 Å². The Morgan fingerprint density at radius 2 is 1.82 bits per heavy atom. The van der Waals surface area contributed by atoms with Crippen LogP contribution in [0.2, 0.25) is 0 Å². The fourth-order valence-electron chi connectivity index (χ4n) is 0.996. The van der Waals surface area contributed by atoms with E-state index in [0.29, 0.717) is 0 Å². The Morgan fingerprint density at radius 1 is 1.27 bits per heavy atom. The van der Waals surface area contributed by atoms with Crippen molar-refractivity contribution < 1.29 is 25.8 Å². The third kappa shape index (κ3) is 1.72. The molecule has 1 aliphatic rings. The van der Waals surface area contributed by atoms with Crippen molar-refractivity contribution in [1.82, 2.24) is 0 Å². The Bertz CT molecular complexity index is 229. The van der Waals surface area contributed by atoms with Crippen LogP contribution in [0.3, 0.4) is 0 Å². The third-order valence-corrected chi connectivity index (χ3v) is 1.79. The van der Waals surface area contributed by atoms with Crippen molar-refractivity contribution in [1.29, 1.82) is 0 Å². The predicted octanol–water partition coefficient (Wildman–Crippen LogP) is 1.74. The molecule has 58 valence electrons. The normalized spacial score (nSPS) is 27.4. The first kappa shape index (κ1) is 8.96. The molecular formula is C9H9OW-. The smallest absolute Gasteiger partial charge is 0.0491 e. The molecule has 1 saturated heterocycles. The number of hydrogen-bond donors (Lipinski definition) is 0. The van der Waals surface area contributed by atoms with Gasteiger partial charge in [-0.3, -0.25) is 0 Å². The standard InChI is InChI=1S/C9H9O.W/c1-9(7-10-9)8-5-3-2-4-6-8;/h2-6H,1,7H2;/q-1;. The predicted molar refractivity (Wildman–Crippen MR) is 39.4 cm³/mol. The van der Waals surface area contributed by atoms with E-state index in [9.17, 15) is 0 Å². The summed E-state index contributed by atoms with van der Waals surface area (Å²) >= 11 is 0. The van der Waals surface area contributed by atoms with E-state index >= 15 is 0 Å². The first-order valence-corrected chi connectivity index (χ1v) is 3.36. The fraction of sp³-hybridized carbons (Fsp3) is 0.222. The van der Waals surface area contributed by atoms with E-state index in [1.807, 2.05) is 30.3 Å². The summed E-state index contributed by atoms with van der Waals surface area (Å²) in [4.78, 5) is 0. The van der Waals surface area contributed by atoms with Crippen molar-refractivity contribution in [3.05, 3.63) is 42.8 Å². The van der Waals surface area contributed by atoms with E-state index in [1.54, 1.807) is 0 Å². The van der Waals surface area contributed by atoms with Gasteiger partial charge < -0.3 is 11.7 Å². The van der Waals surface area contributed by atoms with Gasteiger partial charge in [0.2, 0.25) is 0 Å². The van der Waals surface area contributed by atoms with Gasteiger partial charge in [0, 0.05) is 27.7 Å². The van der Waals surface area contributed by atoms with Crippen LogP contribution in [0.5, 0.6) is 0 Å². The second-order valence-corrected chi connectivity index (χ2v) is 2.65. The van der Waals surface area contributed by atoms with Gasteiger partial charge >= 0.3 is 0 Å². The van der Waals surface area contributed by atoms with Gasteiger partial charge in [-0.1, -0.05) is 30.3 Å². The Kier molecular flexibility index (Phi) is 2.51. The average molecular weight is 317 g/mol. The zero-order valence-electron chi connectivity index (χ0n) is 6.12. The van der Waals surface area contributed by atoms with Crippen LogP contribution in [-0.2, 0) is 31.4 Å². The molecule has 11 heavy (non-hydrogen) atoms. The maximum Gasteiger partial charge on any atom is 0.0491 e. The molecule has 0 bridgehead atoms. The monoisotopic (exact) mass is 317 g/mol. The summed E-state index contributed by atoms with van der Waals surface area (Å²) in [5, 5.41) is 0. The quantitative estimate of drug-likeness (QED) is 0.568. The number of ether oxygens (including phenoxy) is 1. The van der Waals surface area contributed by atoms with E-state index in [4.69, 9.17) is 4.74 Å². The largest absolute Gasteiger partial charge is 0.400 e. The van der Waals surface area contributed by atoms with Gasteiger partial charge in [-0.15, -0.1) is 0 Å². The van der Waals surface area contributed by atoms with E-state index in [1.165, 1.54) is 5.56 Å². The molecule has 2 rings (SSSR count). The van der Waals surface area contributed by atoms with Crippen LogP contribution in [0.1, 0.15) is 5.56 Å².